The summed E-state index contributed by atoms with van der Waals surface area (Å²) in [7, 11) is 0. The van der Waals surface area contributed by atoms with Crippen LogP contribution in [0.4, 0.5) is 5.13 Å². The number of aromatic nitrogens is 5. The number of benzene rings is 1. The number of carbonyl (C=O) groups excluding carboxylic acids is 1. The van der Waals surface area contributed by atoms with Crippen molar-refractivity contribution in [3.05, 3.63) is 41.2 Å². The third-order valence-electron chi connectivity index (χ3n) is 3.65. The second-order valence-electron chi connectivity index (χ2n) is 5.47. The van der Waals surface area contributed by atoms with Gasteiger partial charge in [0.1, 0.15) is 11.3 Å². The van der Waals surface area contributed by atoms with Gasteiger partial charge in [-0.1, -0.05) is 49.8 Å². The van der Waals surface area contributed by atoms with Crippen LogP contribution in [0.3, 0.4) is 0 Å². The van der Waals surface area contributed by atoms with Crippen LogP contribution >= 0.6 is 11.3 Å². The van der Waals surface area contributed by atoms with Crippen LogP contribution in [0.25, 0.3) is 11.4 Å². The van der Waals surface area contributed by atoms with Crippen LogP contribution in [0.1, 0.15) is 48.0 Å². The number of hydrogen-bond donors (Lipinski definition) is 2. The number of anilines is 1. The van der Waals surface area contributed by atoms with E-state index in [0.717, 1.165) is 17.8 Å². The number of carbonyl (C=O) groups is 1. The van der Waals surface area contributed by atoms with Crippen LogP contribution in [0.2, 0.25) is 0 Å². The highest BCUT2D eigenvalue weighted by Gasteiger charge is 2.17. The van der Waals surface area contributed by atoms with Gasteiger partial charge >= 0.3 is 0 Å². The fraction of sp³-hybridized carbons (Fsp3) is 0.312. The standard InChI is InChI=1S/C16H18N6OS/c1-3-6-10(2)15-21-22-16(24-15)19-14(23)12-8-5-4-7-11(12)13-17-9-18-20-13/h4-5,7-10H,3,6H2,1-2H3,(H,17,18,20)(H,19,22,23)/t10-/m0/s1. The molecular weight excluding hydrogens is 324 g/mol. The van der Waals surface area contributed by atoms with Crippen molar-refractivity contribution < 1.29 is 4.79 Å². The zero-order valence-corrected chi connectivity index (χ0v) is 14.3. The molecule has 0 aliphatic rings. The van der Waals surface area contributed by atoms with Gasteiger partial charge in [0.05, 0.1) is 5.56 Å². The molecule has 0 fully saturated rings. The second kappa shape index (κ2) is 7.31. The highest BCUT2D eigenvalue weighted by molar-refractivity contribution is 7.15. The Kier molecular flexibility index (Phi) is 4.95. The summed E-state index contributed by atoms with van der Waals surface area (Å²) >= 11 is 1.42. The van der Waals surface area contributed by atoms with E-state index >= 15 is 0 Å². The molecule has 0 bridgehead atoms. The molecule has 0 spiro atoms. The number of rotatable bonds is 6. The number of hydrogen-bond acceptors (Lipinski definition) is 6. The summed E-state index contributed by atoms with van der Waals surface area (Å²) in [6.07, 6.45) is 3.56. The van der Waals surface area contributed by atoms with E-state index in [2.05, 4.69) is 44.5 Å². The Labute approximate surface area is 143 Å². The quantitative estimate of drug-likeness (QED) is 0.715. The second-order valence-corrected chi connectivity index (χ2v) is 6.48. The van der Waals surface area contributed by atoms with E-state index in [4.69, 9.17) is 0 Å². The molecule has 1 amide bonds. The molecule has 0 aliphatic heterocycles. The molecule has 0 aliphatic carbocycles. The molecule has 0 saturated heterocycles. The Bertz CT molecular complexity index is 814. The third kappa shape index (κ3) is 3.48. The summed E-state index contributed by atoms with van der Waals surface area (Å²) in [5, 5.41) is 19.1. The maximum atomic E-state index is 12.6. The predicted octanol–water partition coefficient (Wildman–Crippen LogP) is 3.48. The Morgan fingerprint density at radius 2 is 2.17 bits per heavy atom. The Hall–Kier alpha value is -2.61. The van der Waals surface area contributed by atoms with Gasteiger partial charge in [-0.05, 0) is 12.5 Å². The molecule has 2 aromatic heterocycles. The smallest absolute Gasteiger partial charge is 0.258 e. The minimum Gasteiger partial charge on any atom is -0.296 e. The maximum absolute atomic E-state index is 12.6. The van der Waals surface area contributed by atoms with Crippen LogP contribution in [-0.2, 0) is 0 Å². The molecule has 0 radical (unpaired) electrons. The van der Waals surface area contributed by atoms with Crippen LogP contribution in [0.15, 0.2) is 30.6 Å². The fourth-order valence-corrected chi connectivity index (χ4v) is 3.25. The monoisotopic (exact) mass is 342 g/mol. The Morgan fingerprint density at radius 1 is 1.33 bits per heavy atom. The van der Waals surface area contributed by atoms with Crippen LogP contribution in [0, 0.1) is 0 Å². The lowest BCUT2D eigenvalue weighted by Crippen LogP contribution is -2.13. The highest BCUT2D eigenvalue weighted by Crippen LogP contribution is 2.27. The van der Waals surface area contributed by atoms with Crippen molar-refractivity contribution in [1.29, 1.82) is 0 Å². The first-order valence-electron chi connectivity index (χ1n) is 7.78. The van der Waals surface area contributed by atoms with Crippen molar-refractivity contribution in [1.82, 2.24) is 25.4 Å². The zero-order valence-electron chi connectivity index (χ0n) is 13.5. The molecule has 2 heterocycles. The maximum Gasteiger partial charge on any atom is 0.258 e. The van der Waals surface area contributed by atoms with E-state index in [-0.39, 0.29) is 5.91 Å². The average molecular weight is 342 g/mol. The van der Waals surface area contributed by atoms with E-state index in [0.29, 0.717) is 28.0 Å². The average Bonchev–Trinajstić information content (AvgIpc) is 3.27. The molecule has 24 heavy (non-hydrogen) atoms. The molecule has 0 saturated carbocycles. The molecule has 3 aromatic rings. The summed E-state index contributed by atoms with van der Waals surface area (Å²) in [4.78, 5) is 16.7. The van der Waals surface area contributed by atoms with E-state index in [1.807, 2.05) is 18.2 Å². The van der Waals surface area contributed by atoms with Crippen molar-refractivity contribution in [3.8, 4) is 11.4 Å². The first kappa shape index (κ1) is 16.3. The van der Waals surface area contributed by atoms with Gasteiger partial charge < -0.3 is 0 Å². The van der Waals surface area contributed by atoms with Gasteiger partial charge in [-0.3, -0.25) is 15.2 Å². The lowest BCUT2D eigenvalue weighted by Gasteiger charge is -2.06. The van der Waals surface area contributed by atoms with Crippen LogP contribution in [0.5, 0.6) is 0 Å². The number of nitrogens with one attached hydrogen (secondary N) is 2. The van der Waals surface area contributed by atoms with Crippen molar-refractivity contribution in [2.45, 2.75) is 32.6 Å². The lowest BCUT2D eigenvalue weighted by molar-refractivity contribution is 0.102. The Morgan fingerprint density at radius 3 is 2.92 bits per heavy atom. The van der Waals surface area contributed by atoms with Gasteiger partial charge in [-0.15, -0.1) is 10.2 Å². The summed E-state index contributed by atoms with van der Waals surface area (Å²) in [6, 6.07) is 7.23. The molecule has 0 unspecified atom stereocenters. The van der Waals surface area contributed by atoms with Crippen molar-refractivity contribution in [3.63, 3.8) is 0 Å². The van der Waals surface area contributed by atoms with Crippen molar-refractivity contribution in [2.75, 3.05) is 5.32 Å². The topological polar surface area (TPSA) is 96.5 Å². The molecule has 1 atom stereocenters. The molecular formula is C16H18N6OS. The van der Waals surface area contributed by atoms with Crippen molar-refractivity contribution in [2.24, 2.45) is 0 Å². The lowest BCUT2D eigenvalue weighted by atomic mass is 10.1. The van der Waals surface area contributed by atoms with Gasteiger partial charge in [0, 0.05) is 11.5 Å². The summed E-state index contributed by atoms with van der Waals surface area (Å²) in [6.45, 7) is 4.26. The van der Waals surface area contributed by atoms with Gasteiger partial charge in [-0.25, -0.2) is 4.98 Å². The minimum atomic E-state index is -0.243. The molecule has 3 rings (SSSR count). The number of nitrogens with zero attached hydrogens (tertiary/aromatic N) is 4. The van der Waals surface area contributed by atoms with Gasteiger partial charge in [0.15, 0.2) is 5.82 Å². The molecule has 7 nitrogen and oxygen atoms in total. The highest BCUT2D eigenvalue weighted by atomic mass is 32.1. The third-order valence-corrected chi connectivity index (χ3v) is 4.72. The van der Waals surface area contributed by atoms with Gasteiger partial charge in [-0.2, -0.15) is 5.10 Å². The Balaban J connectivity index is 1.79. The summed E-state index contributed by atoms with van der Waals surface area (Å²) in [5.74, 6) is 0.655. The van der Waals surface area contributed by atoms with E-state index < -0.39 is 0 Å². The SMILES string of the molecule is CCC[C@H](C)c1nnc(NC(=O)c2ccccc2-c2ncn[nH]2)s1. The number of H-pyrrole nitrogens is 1. The largest absolute Gasteiger partial charge is 0.296 e. The van der Waals surface area contributed by atoms with E-state index in [9.17, 15) is 4.79 Å². The van der Waals surface area contributed by atoms with Crippen LogP contribution < -0.4 is 5.32 Å². The molecule has 124 valence electrons. The van der Waals surface area contributed by atoms with Gasteiger partial charge in [0.25, 0.3) is 5.91 Å². The van der Waals surface area contributed by atoms with E-state index in [1.54, 1.807) is 6.07 Å². The minimum absolute atomic E-state index is 0.243. The number of amides is 1. The number of aromatic amines is 1. The summed E-state index contributed by atoms with van der Waals surface area (Å²) < 4.78 is 0. The van der Waals surface area contributed by atoms with Crippen LogP contribution in [-0.4, -0.2) is 31.3 Å². The molecule has 8 heteroatoms. The molecule has 2 N–H and O–H groups in total. The predicted molar refractivity (Wildman–Crippen MR) is 93.0 cm³/mol. The van der Waals surface area contributed by atoms with Gasteiger partial charge in [0.2, 0.25) is 5.13 Å². The fourth-order valence-electron chi connectivity index (χ4n) is 2.43. The molecule has 1 aromatic carbocycles. The first-order chi connectivity index (χ1) is 11.7. The normalized spacial score (nSPS) is 12.1. The van der Waals surface area contributed by atoms with Crippen molar-refractivity contribution >= 4 is 22.4 Å². The zero-order chi connectivity index (χ0) is 16.9. The van der Waals surface area contributed by atoms with E-state index in [1.165, 1.54) is 17.7 Å². The summed E-state index contributed by atoms with van der Waals surface area (Å²) in [5.41, 5.74) is 1.20. The first-order valence-corrected chi connectivity index (χ1v) is 8.60.